The summed E-state index contributed by atoms with van der Waals surface area (Å²) >= 11 is 0. The molecule has 1 aromatic rings. The summed E-state index contributed by atoms with van der Waals surface area (Å²) in [5, 5.41) is 0. The van der Waals surface area contributed by atoms with Gasteiger partial charge in [-0.2, -0.15) is 0 Å². The molecule has 2 heteroatoms. The van der Waals surface area contributed by atoms with Gasteiger partial charge in [-0.15, -0.1) is 0 Å². The molecule has 0 aliphatic heterocycles. The van der Waals surface area contributed by atoms with E-state index < -0.39 is 0 Å². The molecule has 84 valence electrons. The Bertz CT molecular complexity index is 281. The van der Waals surface area contributed by atoms with E-state index in [1.54, 1.807) is 0 Å². The first kappa shape index (κ1) is 12.2. The van der Waals surface area contributed by atoms with Gasteiger partial charge >= 0.3 is 0 Å². The van der Waals surface area contributed by atoms with E-state index >= 15 is 0 Å². The van der Waals surface area contributed by atoms with Gasteiger partial charge in [-0.3, -0.25) is 0 Å². The molecule has 0 bridgehead atoms. The van der Waals surface area contributed by atoms with Crippen LogP contribution in [0.4, 0.5) is 4.39 Å². The van der Waals surface area contributed by atoms with E-state index in [1.165, 1.54) is 12.1 Å². The number of benzene rings is 1. The van der Waals surface area contributed by atoms with Crippen LogP contribution >= 0.6 is 0 Å². The van der Waals surface area contributed by atoms with E-state index in [0.29, 0.717) is 5.92 Å². The van der Waals surface area contributed by atoms with Crippen molar-refractivity contribution in [2.75, 3.05) is 0 Å². The lowest BCUT2D eigenvalue weighted by Crippen LogP contribution is -2.29. The third-order valence-corrected chi connectivity index (χ3v) is 2.82. The molecule has 0 saturated heterocycles. The monoisotopic (exact) mass is 209 g/mol. The lowest BCUT2D eigenvalue weighted by atomic mass is 9.92. The molecule has 15 heavy (non-hydrogen) atoms. The van der Waals surface area contributed by atoms with Crippen LogP contribution in [0.15, 0.2) is 24.3 Å². The number of hydrogen-bond acceptors (Lipinski definition) is 1. The topological polar surface area (TPSA) is 26.0 Å². The molecule has 0 fully saturated rings. The Hall–Kier alpha value is -0.890. The summed E-state index contributed by atoms with van der Waals surface area (Å²) in [6, 6.07) is 6.94. The van der Waals surface area contributed by atoms with E-state index in [4.69, 9.17) is 5.73 Å². The van der Waals surface area contributed by atoms with Crippen LogP contribution in [0.2, 0.25) is 0 Å². The van der Waals surface area contributed by atoms with Crippen LogP contribution in [0.1, 0.15) is 32.3 Å². The highest BCUT2D eigenvalue weighted by Gasteiger charge is 2.12. The molecule has 0 aromatic heterocycles. The van der Waals surface area contributed by atoms with Crippen LogP contribution in [0.3, 0.4) is 0 Å². The van der Waals surface area contributed by atoms with Gasteiger partial charge in [-0.25, -0.2) is 4.39 Å². The zero-order chi connectivity index (χ0) is 11.3. The summed E-state index contributed by atoms with van der Waals surface area (Å²) in [7, 11) is 0. The normalized spacial score (nSPS) is 14.9. The summed E-state index contributed by atoms with van der Waals surface area (Å²) in [5.74, 6) is 0.277. The lowest BCUT2D eigenvalue weighted by Gasteiger charge is -2.19. The van der Waals surface area contributed by atoms with Gasteiger partial charge in [0.25, 0.3) is 0 Å². The number of rotatable bonds is 5. The molecule has 0 spiro atoms. The summed E-state index contributed by atoms with van der Waals surface area (Å²) in [4.78, 5) is 0. The molecule has 0 amide bonds. The molecule has 1 nitrogen and oxygen atoms in total. The highest BCUT2D eigenvalue weighted by molar-refractivity contribution is 5.16. The van der Waals surface area contributed by atoms with Gasteiger partial charge in [0.15, 0.2) is 0 Å². The van der Waals surface area contributed by atoms with Crippen molar-refractivity contribution in [1.82, 2.24) is 0 Å². The highest BCUT2D eigenvalue weighted by Crippen LogP contribution is 2.14. The Morgan fingerprint density at radius 2 is 1.87 bits per heavy atom. The van der Waals surface area contributed by atoms with Crippen molar-refractivity contribution >= 4 is 0 Å². The van der Waals surface area contributed by atoms with Crippen molar-refractivity contribution < 1.29 is 4.39 Å². The first-order valence-corrected chi connectivity index (χ1v) is 5.63. The minimum absolute atomic E-state index is 0.177. The zero-order valence-corrected chi connectivity index (χ0v) is 9.54. The van der Waals surface area contributed by atoms with Crippen molar-refractivity contribution in [2.24, 2.45) is 11.7 Å². The van der Waals surface area contributed by atoms with Crippen molar-refractivity contribution in [3.05, 3.63) is 35.6 Å². The highest BCUT2D eigenvalue weighted by atomic mass is 19.1. The Kier molecular flexibility index (Phi) is 4.76. The smallest absolute Gasteiger partial charge is 0.123 e. The minimum atomic E-state index is -0.177. The third-order valence-electron chi connectivity index (χ3n) is 2.82. The molecular weight excluding hydrogens is 189 g/mol. The summed E-state index contributed by atoms with van der Waals surface area (Å²) < 4.78 is 12.7. The van der Waals surface area contributed by atoms with Gasteiger partial charge in [-0.1, -0.05) is 32.4 Å². The fraction of sp³-hybridized carbons (Fsp3) is 0.538. The second-order valence-corrected chi connectivity index (χ2v) is 4.26. The Morgan fingerprint density at radius 1 is 1.27 bits per heavy atom. The lowest BCUT2D eigenvalue weighted by molar-refractivity contribution is 0.425. The van der Waals surface area contributed by atoms with E-state index in [-0.39, 0.29) is 11.9 Å². The number of halogens is 1. The largest absolute Gasteiger partial charge is 0.327 e. The van der Waals surface area contributed by atoms with Crippen LogP contribution in [0.5, 0.6) is 0 Å². The third kappa shape index (κ3) is 4.00. The minimum Gasteiger partial charge on any atom is -0.327 e. The van der Waals surface area contributed by atoms with Gasteiger partial charge in [-0.05, 0) is 36.5 Å². The first-order chi connectivity index (χ1) is 7.13. The van der Waals surface area contributed by atoms with Gasteiger partial charge in [0.05, 0.1) is 0 Å². The Labute approximate surface area is 91.5 Å². The maximum absolute atomic E-state index is 12.7. The number of hydrogen-bond donors (Lipinski definition) is 1. The van der Waals surface area contributed by atoms with Crippen molar-refractivity contribution in [3.8, 4) is 0 Å². The van der Waals surface area contributed by atoms with E-state index in [0.717, 1.165) is 24.8 Å². The van der Waals surface area contributed by atoms with Gasteiger partial charge in [0.2, 0.25) is 0 Å². The molecule has 1 aromatic carbocycles. The SMILES string of the molecule is CCCC(N)C(C)Cc1ccc(F)cc1. The first-order valence-electron chi connectivity index (χ1n) is 5.63. The average Bonchev–Trinajstić information content (AvgIpc) is 2.22. The fourth-order valence-corrected chi connectivity index (χ4v) is 1.76. The number of nitrogens with two attached hydrogens (primary N) is 1. The molecule has 0 saturated carbocycles. The van der Waals surface area contributed by atoms with Gasteiger partial charge in [0.1, 0.15) is 5.82 Å². The van der Waals surface area contributed by atoms with E-state index in [9.17, 15) is 4.39 Å². The summed E-state index contributed by atoms with van der Waals surface area (Å²) in [5.41, 5.74) is 7.19. The van der Waals surface area contributed by atoms with Crippen molar-refractivity contribution in [1.29, 1.82) is 0 Å². The van der Waals surface area contributed by atoms with Gasteiger partial charge < -0.3 is 5.73 Å². The van der Waals surface area contributed by atoms with Crippen LogP contribution in [0, 0.1) is 11.7 Å². The maximum Gasteiger partial charge on any atom is 0.123 e. The summed E-state index contributed by atoms with van der Waals surface area (Å²) in [6.07, 6.45) is 3.11. The van der Waals surface area contributed by atoms with Crippen LogP contribution in [-0.2, 0) is 6.42 Å². The zero-order valence-electron chi connectivity index (χ0n) is 9.54. The van der Waals surface area contributed by atoms with Crippen molar-refractivity contribution in [3.63, 3.8) is 0 Å². The molecule has 0 heterocycles. The average molecular weight is 209 g/mol. The van der Waals surface area contributed by atoms with E-state index in [2.05, 4.69) is 13.8 Å². The quantitative estimate of drug-likeness (QED) is 0.792. The molecular formula is C13H20FN. The fourth-order valence-electron chi connectivity index (χ4n) is 1.76. The standard InChI is InChI=1S/C13H20FN/c1-3-4-13(15)10(2)9-11-5-7-12(14)8-6-11/h5-8,10,13H,3-4,9,15H2,1-2H3. The maximum atomic E-state index is 12.7. The molecule has 0 radical (unpaired) electrons. The Morgan fingerprint density at radius 3 is 2.40 bits per heavy atom. The molecule has 1 rings (SSSR count). The second-order valence-electron chi connectivity index (χ2n) is 4.26. The van der Waals surface area contributed by atoms with E-state index in [1.807, 2.05) is 12.1 Å². The van der Waals surface area contributed by atoms with Crippen LogP contribution < -0.4 is 5.73 Å². The predicted octanol–water partition coefficient (Wildman–Crippen LogP) is 3.13. The van der Waals surface area contributed by atoms with Gasteiger partial charge in [0, 0.05) is 6.04 Å². The molecule has 2 atom stereocenters. The van der Waals surface area contributed by atoms with Crippen molar-refractivity contribution in [2.45, 2.75) is 39.2 Å². The molecule has 2 unspecified atom stereocenters. The second kappa shape index (κ2) is 5.86. The summed E-state index contributed by atoms with van der Waals surface area (Å²) in [6.45, 7) is 4.30. The molecule has 0 aliphatic rings. The Balaban J connectivity index is 2.50. The molecule has 0 aliphatic carbocycles. The van der Waals surface area contributed by atoms with Crippen LogP contribution in [0.25, 0.3) is 0 Å². The predicted molar refractivity (Wildman–Crippen MR) is 62.2 cm³/mol. The molecule has 2 N–H and O–H groups in total. The van der Waals surface area contributed by atoms with Crippen LogP contribution in [-0.4, -0.2) is 6.04 Å².